The summed E-state index contributed by atoms with van der Waals surface area (Å²) in [6.07, 6.45) is 4.49. The minimum absolute atomic E-state index is 0.131. The van der Waals surface area contributed by atoms with Crippen molar-refractivity contribution >= 4 is 5.91 Å². The third-order valence-electron chi connectivity index (χ3n) is 5.59. The second kappa shape index (κ2) is 8.61. The Morgan fingerprint density at radius 3 is 2.83 bits per heavy atom. The van der Waals surface area contributed by atoms with E-state index in [1.807, 2.05) is 0 Å². The minimum atomic E-state index is -0.131. The molecule has 0 radical (unpaired) electrons. The summed E-state index contributed by atoms with van der Waals surface area (Å²) in [5, 5.41) is 11.7. The van der Waals surface area contributed by atoms with Crippen LogP contribution in [0.25, 0.3) is 0 Å². The molecule has 1 amide bonds. The van der Waals surface area contributed by atoms with E-state index in [0.717, 1.165) is 44.2 Å². The summed E-state index contributed by atoms with van der Waals surface area (Å²) in [6, 6.07) is 8.37. The van der Waals surface area contributed by atoms with Crippen LogP contribution in [0.3, 0.4) is 0 Å². The number of aryl methyl sites for hydroxylation is 2. The molecule has 0 spiro atoms. The quantitative estimate of drug-likeness (QED) is 0.696. The number of rotatable bonds is 6. The average molecular weight is 393 g/mol. The lowest BCUT2D eigenvalue weighted by atomic mass is 10.1. The van der Waals surface area contributed by atoms with Gasteiger partial charge >= 0.3 is 0 Å². The molecule has 29 heavy (non-hydrogen) atoms. The van der Waals surface area contributed by atoms with Crippen LogP contribution in [0.15, 0.2) is 41.2 Å². The van der Waals surface area contributed by atoms with Gasteiger partial charge in [-0.1, -0.05) is 18.2 Å². The summed E-state index contributed by atoms with van der Waals surface area (Å²) in [5.74, 6) is 1.83. The molecule has 1 aromatic carbocycles. The zero-order valence-corrected chi connectivity index (χ0v) is 17.0. The SMILES string of the molecule is Cc1ccc(CN2CCc3nnc(CCNC(=O)c4ccoc4)n3CC2)cc1C. The fourth-order valence-electron chi connectivity index (χ4n) is 3.71. The first-order valence-electron chi connectivity index (χ1n) is 10.1. The van der Waals surface area contributed by atoms with Gasteiger partial charge in [-0.05, 0) is 36.6 Å². The number of hydrogen-bond donors (Lipinski definition) is 1. The van der Waals surface area contributed by atoms with Crippen LogP contribution in [0.2, 0.25) is 0 Å². The third-order valence-corrected chi connectivity index (χ3v) is 5.59. The molecule has 0 saturated carbocycles. The van der Waals surface area contributed by atoms with Gasteiger partial charge in [0.2, 0.25) is 0 Å². The molecular weight excluding hydrogens is 366 g/mol. The van der Waals surface area contributed by atoms with Gasteiger partial charge in [0.05, 0.1) is 11.8 Å². The molecule has 0 fully saturated rings. The van der Waals surface area contributed by atoms with Crippen LogP contribution in [0.1, 0.15) is 38.7 Å². The molecule has 7 heteroatoms. The number of nitrogens with zero attached hydrogens (tertiary/aromatic N) is 4. The van der Waals surface area contributed by atoms with Crippen LogP contribution < -0.4 is 5.32 Å². The van der Waals surface area contributed by atoms with E-state index < -0.39 is 0 Å². The number of aromatic nitrogens is 3. The summed E-state index contributed by atoms with van der Waals surface area (Å²) in [4.78, 5) is 14.5. The van der Waals surface area contributed by atoms with Gasteiger partial charge in [-0.25, -0.2) is 0 Å². The van der Waals surface area contributed by atoms with E-state index in [-0.39, 0.29) is 5.91 Å². The van der Waals surface area contributed by atoms with E-state index in [4.69, 9.17) is 4.42 Å². The lowest BCUT2D eigenvalue weighted by Gasteiger charge is -2.20. The number of amides is 1. The molecule has 4 rings (SSSR count). The molecule has 2 aromatic heterocycles. The van der Waals surface area contributed by atoms with E-state index in [0.29, 0.717) is 18.5 Å². The molecule has 1 N–H and O–H groups in total. The van der Waals surface area contributed by atoms with Crippen molar-refractivity contribution in [3.8, 4) is 0 Å². The summed E-state index contributed by atoms with van der Waals surface area (Å²) < 4.78 is 7.16. The third kappa shape index (κ3) is 4.56. The van der Waals surface area contributed by atoms with E-state index in [2.05, 4.69) is 57.0 Å². The van der Waals surface area contributed by atoms with Crippen LogP contribution in [-0.2, 0) is 25.9 Å². The lowest BCUT2D eigenvalue weighted by molar-refractivity contribution is 0.0953. The first-order valence-corrected chi connectivity index (χ1v) is 10.1. The molecule has 7 nitrogen and oxygen atoms in total. The maximum Gasteiger partial charge on any atom is 0.254 e. The minimum Gasteiger partial charge on any atom is -0.472 e. The molecule has 0 bridgehead atoms. The Bertz CT molecular complexity index is 977. The maximum absolute atomic E-state index is 12.0. The molecule has 0 atom stereocenters. The number of hydrogen-bond acceptors (Lipinski definition) is 5. The van der Waals surface area contributed by atoms with E-state index in [1.165, 1.54) is 29.2 Å². The zero-order valence-electron chi connectivity index (χ0n) is 17.0. The van der Waals surface area contributed by atoms with Crippen molar-refractivity contribution in [2.75, 3.05) is 19.6 Å². The Kier molecular flexibility index (Phi) is 5.76. The summed E-state index contributed by atoms with van der Waals surface area (Å²) in [6.45, 7) is 8.60. The van der Waals surface area contributed by atoms with Gasteiger partial charge in [-0.15, -0.1) is 10.2 Å². The molecule has 0 aliphatic carbocycles. The van der Waals surface area contributed by atoms with Crippen molar-refractivity contribution in [2.45, 2.75) is 39.8 Å². The fourth-order valence-corrected chi connectivity index (χ4v) is 3.71. The monoisotopic (exact) mass is 393 g/mol. The standard InChI is InChI=1S/C22H27N5O2/c1-16-3-4-18(13-17(16)2)14-26-9-6-21-25-24-20(27(21)11-10-26)5-8-23-22(28)19-7-12-29-15-19/h3-4,7,12-13,15H,5-6,8-11,14H2,1-2H3,(H,23,28). The average Bonchev–Trinajstić information content (AvgIpc) is 3.33. The van der Waals surface area contributed by atoms with Crippen LogP contribution in [0.5, 0.6) is 0 Å². The van der Waals surface area contributed by atoms with Crippen molar-refractivity contribution in [3.63, 3.8) is 0 Å². The largest absolute Gasteiger partial charge is 0.472 e. The van der Waals surface area contributed by atoms with Crippen molar-refractivity contribution in [2.24, 2.45) is 0 Å². The number of carbonyl (C=O) groups is 1. The van der Waals surface area contributed by atoms with Crippen molar-refractivity contribution in [1.82, 2.24) is 25.0 Å². The molecule has 3 heterocycles. The number of carbonyl (C=O) groups excluding carboxylic acids is 1. The highest BCUT2D eigenvalue weighted by Gasteiger charge is 2.19. The molecule has 1 aliphatic heterocycles. The summed E-state index contributed by atoms with van der Waals surface area (Å²) in [7, 11) is 0. The zero-order chi connectivity index (χ0) is 20.2. The molecule has 1 aliphatic rings. The van der Waals surface area contributed by atoms with Gasteiger partial charge in [-0.2, -0.15) is 0 Å². The number of furan rings is 1. The number of nitrogens with one attached hydrogen (secondary N) is 1. The van der Waals surface area contributed by atoms with Crippen LogP contribution >= 0.6 is 0 Å². The van der Waals surface area contributed by atoms with Crippen LogP contribution in [-0.4, -0.2) is 45.2 Å². The highest BCUT2D eigenvalue weighted by Crippen LogP contribution is 2.15. The molecular formula is C22H27N5O2. The van der Waals surface area contributed by atoms with Gasteiger partial charge in [0, 0.05) is 45.6 Å². The molecule has 0 unspecified atom stereocenters. The van der Waals surface area contributed by atoms with Gasteiger partial charge in [0.25, 0.3) is 5.91 Å². The van der Waals surface area contributed by atoms with Gasteiger partial charge in [0.1, 0.15) is 17.9 Å². The summed E-state index contributed by atoms with van der Waals surface area (Å²) >= 11 is 0. The first kappa shape index (κ1) is 19.4. The highest BCUT2D eigenvalue weighted by atomic mass is 16.3. The van der Waals surface area contributed by atoms with Crippen molar-refractivity contribution in [1.29, 1.82) is 0 Å². The topological polar surface area (TPSA) is 76.2 Å². The first-order chi connectivity index (χ1) is 14.1. The van der Waals surface area contributed by atoms with Crippen LogP contribution in [0.4, 0.5) is 0 Å². The maximum atomic E-state index is 12.0. The highest BCUT2D eigenvalue weighted by molar-refractivity contribution is 5.93. The Morgan fingerprint density at radius 2 is 2.03 bits per heavy atom. The predicted molar refractivity (Wildman–Crippen MR) is 110 cm³/mol. The molecule has 0 saturated heterocycles. The number of fused-ring (bicyclic) bond motifs is 1. The van der Waals surface area contributed by atoms with Gasteiger partial charge < -0.3 is 14.3 Å². The van der Waals surface area contributed by atoms with Crippen LogP contribution in [0, 0.1) is 13.8 Å². The van der Waals surface area contributed by atoms with Crippen molar-refractivity contribution in [3.05, 3.63) is 70.7 Å². The van der Waals surface area contributed by atoms with E-state index in [9.17, 15) is 4.79 Å². The lowest BCUT2D eigenvalue weighted by Crippen LogP contribution is -2.28. The van der Waals surface area contributed by atoms with E-state index in [1.54, 1.807) is 6.07 Å². The fraction of sp³-hybridized carbons (Fsp3) is 0.409. The second-order valence-corrected chi connectivity index (χ2v) is 7.65. The Hall–Kier alpha value is -2.93. The Balaban J connectivity index is 1.33. The Morgan fingerprint density at radius 1 is 1.14 bits per heavy atom. The van der Waals surface area contributed by atoms with Gasteiger partial charge in [0.15, 0.2) is 0 Å². The summed E-state index contributed by atoms with van der Waals surface area (Å²) in [5.41, 5.74) is 4.56. The molecule has 152 valence electrons. The predicted octanol–water partition coefficient (Wildman–Crippen LogP) is 2.52. The second-order valence-electron chi connectivity index (χ2n) is 7.65. The normalized spacial score (nSPS) is 14.4. The number of benzene rings is 1. The smallest absolute Gasteiger partial charge is 0.254 e. The Labute approximate surface area is 170 Å². The van der Waals surface area contributed by atoms with Crippen molar-refractivity contribution < 1.29 is 9.21 Å². The van der Waals surface area contributed by atoms with E-state index >= 15 is 0 Å². The molecule has 3 aromatic rings. The van der Waals surface area contributed by atoms with Gasteiger partial charge in [-0.3, -0.25) is 9.69 Å².